The molecule has 1 aromatic rings. The molecule has 4 rings (SSSR count). The Morgan fingerprint density at radius 2 is 1.94 bits per heavy atom. The zero-order chi connectivity index (χ0) is 22.4. The lowest BCUT2D eigenvalue weighted by Gasteiger charge is -2.32. The number of hydrazine groups is 1. The quantitative estimate of drug-likeness (QED) is 0.736. The molecule has 6 nitrogen and oxygen atoms in total. The van der Waals surface area contributed by atoms with E-state index in [9.17, 15) is 18.0 Å². The first-order valence-corrected chi connectivity index (χ1v) is 11.3. The van der Waals surface area contributed by atoms with Crippen LogP contribution in [0.1, 0.15) is 63.6 Å². The number of hydrogen-bond acceptors (Lipinski definition) is 5. The first-order chi connectivity index (χ1) is 14.8. The van der Waals surface area contributed by atoms with Crippen LogP contribution < -0.4 is 10.7 Å². The van der Waals surface area contributed by atoms with Crippen molar-refractivity contribution in [2.75, 3.05) is 25.2 Å². The van der Waals surface area contributed by atoms with E-state index in [0.29, 0.717) is 30.7 Å². The van der Waals surface area contributed by atoms with Gasteiger partial charge in [0.1, 0.15) is 0 Å². The summed E-state index contributed by atoms with van der Waals surface area (Å²) in [7, 11) is 0. The number of carbonyl (C=O) groups is 1. The molecular weight excluding hydrogens is 409 g/mol. The lowest BCUT2D eigenvalue weighted by Crippen LogP contribution is -2.45. The Morgan fingerprint density at radius 1 is 1.23 bits per heavy atom. The Bertz CT molecular complexity index is 738. The lowest BCUT2D eigenvalue weighted by molar-refractivity contribution is -0.137. The van der Waals surface area contributed by atoms with Gasteiger partial charge in [0.05, 0.1) is 16.9 Å². The number of amides is 1. The van der Waals surface area contributed by atoms with E-state index in [1.165, 1.54) is 11.4 Å². The number of anilines is 1. The molecule has 1 aliphatic carbocycles. The highest BCUT2D eigenvalue weighted by Crippen LogP contribution is 2.34. The fraction of sp³-hybridized carbons (Fsp3) is 0.727. The summed E-state index contributed by atoms with van der Waals surface area (Å²) in [5.41, 5.74) is 2.88. The molecule has 2 unspecified atom stereocenters. The van der Waals surface area contributed by atoms with Crippen molar-refractivity contribution >= 4 is 11.6 Å². The number of ether oxygens (including phenoxy) is 1. The van der Waals surface area contributed by atoms with Crippen molar-refractivity contribution in [3.05, 3.63) is 23.5 Å². The van der Waals surface area contributed by atoms with Crippen molar-refractivity contribution < 1.29 is 22.7 Å². The third kappa shape index (κ3) is 6.32. The van der Waals surface area contributed by atoms with Crippen LogP contribution >= 0.6 is 0 Å². The molecule has 0 radical (unpaired) electrons. The summed E-state index contributed by atoms with van der Waals surface area (Å²) in [6.45, 7) is 6.22. The first kappa shape index (κ1) is 23.8. The standard InChI is InChI=1S/C19H25F3N4O2.C3H8/c20-19(21,22)13-10-17-16(23-11-13)3-6-26(25-17)18(27)12-1-2-15(9-12)24-14-4-7-28-8-5-14;1-3-2/h10-12,14-15,24-25H,1-9H2;3H2,1-2H3. The summed E-state index contributed by atoms with van der Waals surface area (Å²) in [6.07, 6.45) is 2.59. The largest absolute Gasteiger partial charge is 0.417 e. The number of fused-ring (bicyclic) bond motifs is 1. The molecule has 0 aromatic carbocycles. The zero-order valence-corrected chi connectivity index (χ0v) is 18.3. The Hall–Kier alpha value is -1.87. The smallest absolute Gasteiger partial charge is 0.381 e. The predicted molar refractivity (Wildman–Crippen MR) is 112 cm³/mol. The van der Waals surface area contributed by atoms with Gasteiger partial charge in [-0.05, 0) is 38.2 Å². The summed E-state index contributed by atoms with van der Waals surface area (Å²) >= 11 is 0. The van der Waals surface area contributed by atoms with Gasteiger partial charge in [-0.25, -0.2) is 0 Å². The van der Waals surface area contributed by atoms with Gasteiger partial charge in [-0.15, -0.1) is 0 Å². The fourth-order valence-electron chi connectivity index (χ4n) is 4.30. The number of hydrogen-bond donors (Lipinski definition) is 2. The highest BCUT2D eigenvalue weighted by atomic mass is 19.4. The Kier molecular flexibility index (Phi) is 8.16. The number of nitrogens with zero attached hydrogens (tertiary/aromatic N) is 2. The second kappa shape index (κ2) is 10.6. The highest BCUT2D eigenvalue weighted by Gasteiger charge is 2.36. The molecule has 1 saturated carbocycles. The maximum atomic E-state index is 12.9. The molecule has 0 bridgehead atoms. The fourth-order valence-corrected chi connectivity index (χ4v) is 4.30. The number of alkyl halides is 3. The van der Waals surface area contributed by atoms with Gasteiger partial charge < -0.3 is 10.1 Å². The van der Waals surface area contributed by atoms with Crippen molar-refractivity contribution in [3.8, 4) is 0 Å². The van der Waals surface area contributed by atoms with Gasteiger partial charge in [-0.1, -0.05) is 20.3 Å². The van der Waals surface area contributed by atoms with Crippen LogP contribution in [-0.4, -0.2) is 47.7 Å². The molecule has 9 heteroatoms. The maximum absolute atomic E-state index is 12.9. The van der Waals surface area contributed by atoms with Crippen LogP contribution in [0.3, 0.4) is 0 Å². The highest BCUT2D eigenvalue weighted by molar-refractivity contribution is 5.81. The van der Waals surface area contributed by atoms with Gasteiger partial charge in [-0.3, -0.25) is 20.2 Å². The summed E-state index contributed by atoms with van der Waals surface area (Å²) < 4.78 is 44.2. The Labute approximate surface area is 181 Å². The average Bonchev–Trinajstić information content (AvgIpc) is 3.21. The van der Waals surface area contributed by atoms with Gasteiger partial charge in [-0.2, -0.15) is 13.2 Å². The van der Waals surface area contributed by atoms with Gasteiger partial charge in [0.25, 0.3) is 0 Å². The molecule has 2 atom stereocenters. The van der Waals surface area contributed by atoms with Crippen molar-refractivity contribution in [1.29, 1.82) is 0 Å². The molecular formula is C22H33F3N4O2. The Balaban J connectivity index is 0.000000858. The monoisotopic (exact) mass is 442 g/mol. The van der Waals surface area contributed by atoms with Crippen LogP contribution in [0.4, 0.5) is 18.9 Å². The van der Waals surface area contributed by atoms with Crippen LogP contribution in [0, 0.1) is 5.92 Å². The van der Waals surface area contributed by atoms with Gasteiger partial charge in [0.15, 0.2) is 0 Å². The van der Waals surface area contributed by atoms with Gasteiger partial charge >= 0.3 is 6.18 Å². The van der Waals surface area contributed by atoms with Crippen LogP contribution in [0.2, 0.25) is 0 Å². The number of pyridine rings is 1. The normalized spacial score (nSPS) is 24.1. The minimum Gasteiger partial charge on any atom is -0.381 e. The summed E-state index contributed by atoms with van der Waals surface area (Å²) in [6, 6.07) is 1.79. The maximum Gasteiger partial charge on any atom is 0.417 e. The predicted octanol–water partition coefficient (Wildman–Crippen LogP) is 4.17. The molecule has 2 aliphatic heterocycles. The van der Waals surface area contributed by atoms with Crippen LogP contribution in [0.25, 0.3) is 0 Å². The zero-order valence-electron chi connectivity index (χ0n) is 18.3. The summed E-state index contributed by atoms with van der Waals surface area (Å²) in [4.78, 5) is 16.8. The van der Waals surface area contributed by atoms with E-state index in [0.717, 1.165) is 57.6 Å². The van der Waals surface area contributed by atoms with Crippen molar-refractivity contribution in [1.82, 2.24) is 15.3 Å². The summed E-state index contributed by atoms with van der Waals surface area (Å²) in [5.74, 6) is -0.149. The van der Waals surface area contributed by atoms with Crippen LogP contribution in [0.5, 0.6) is 0 Å². The molecule has 174 valence electrons. The van der Waals surface area contributed by atoms with Crippen molar-refractivity contribution in [2.24, 2.45) is 5.92 Å². The summed E-state index contributed by atoms with van der Waals surface area (Å²) in [5, 5.41) is 5.10. The van der Waals surface area contributed by atoms with E-state index in [1.54, 1.807) is 0 Å². The number of halogens is 3. The molecule has 1 amide bonds. The minimum absolute atomic E-state index is 0.0423. The SMILES string of the molecule is CCC.O=C(C1CCC(NC2CCOCC2)C1)N1CCc2ncc(C(F)(F)F)cc2N1. The molecule has 0 spiro atoms. The number of rotatable bonds is 3. The molecule has 2 fully saturated rings. The molecule has 3 aliphatic rings. The van der Waals surface area contributed by atoms with Crippen molar-refractivity contribution in [3.63, 3.8) is 0 Å². The molecule has 31 heavy (non-hydrogen) atoms. The Morgan fingerprint density at radius 3 is 2.61 bits per heavy atom. The first-order valence-electron chi connectivity index (χ1n) is 11.3. The van der Waals surface area contributed by atoms with Gasteiger partial charge in [0, 0.05) is 50.4 Å². The molecule has 2 N–H and O–H groups in total. The molecule has 1 aromatic heterocycles. The van der Waals surface area contributed by atoms with Crippen LogP contribution in [0.15, 0.2) is 12.3 Å². The van der Waals surface area contributed by atoms with Crippen molar-refractivity contribution in [2.45, 2.75) is 77.1 Å². The molecule has 1 saturated heterocycles. The molecule has 3 heterocycles. The lowest BCUT2D eigenvalue weighted by atomic mass is 10.0. The van der Waals surface area contributed by atoms with E-state index in [1.807, 2.05) is 0 Å². The van der Waals surface area contributed by atoms with E-state index in [2.05, 4.69) is 29.6 Å². The number of carbonyl (C=O) groups excluding carboxylic acids is 1. The van der Waals surface area contributed by atoms with E-state index >= 15 is 0 Å². The van der Waals surface area contributed by atoms with E-state index in [4.69, 9.17) is 4.74 Å². The topological polar surface area (TPSA) is 66.5 Å². The van der Waals surface area contributed by atoms with E-state index in [-0.39, 0.29) is 17.5 Å². The number of aromatic nitrogens is 1. The average molecular weight is 443 g/mol. The van der Waals surface area contributed by atoms with E-state index < -0.39 is 11.7 Å². The third-order valence-electron chi connectivity index (χ3n) is 5.87. The van der Waals surface area contributed by atoms with Crippen LogP contribution in [-0.2, 0) is 22.1 Å². The second-order valence-electron chi connectivity index (χ2n) is 8.54. The third-order valence-corrected chi connectivity index (χ3v) is 5.87. The number of nitrogens with one attached hydrogen (secondary N) is 2. The minimum atomic E-state index is -4.45. The van der Waals surface area contributed by atoms with Gasteiger partial charge in [0.2, 0.25) is 5.91 Å². The second-order valence-corrected chi connectivity index (χ2v) is 8.54.